The summed E-state index contributed by atoms with van der Waals surface area (Å²) >= 11 is 0. The average Bonchev–Trinajstić information content (AvgIpc) is 3.29. The number of nitrogens with one attached hydrogen (secondary N) is 2. The number of rotatable bonds is 6. The molecule has 0 spiro atoms. The highest BCUT2D eigenvalue weighted by molar-refractivity contribution is 8.72. The van der Waals surface area contributed by atoms with Crippen LogP contribution in [0, 0.1) is 10.1 Å². The van der Waals surface area contributed by atoms with Gasteiger partial charge in [-0.2, -0.15) is 0 Å². The van der Waals surface area contributed by atoms with Crippen molar-refractivity contribution in [2.45, 2.75) is 47.9 Å². The van der Waals surface area contributed by atoms with Gasteiger partial charge in [0.15, 0.2) is 0 Å². The van der Waals surface area contributed by atoms with E-state index in [4.69, 9.17) is 4.98 Å². The molecule has 0 bridgehead atoms. The van der Waals surface area contributed by atoms with Crippen molar-refractivity contribution in [2.24, 2.45) is 0 Å². The van der Waals surface area contributed by atoms with Crippen LogP contribution in [0.1, 0.15) is 30.5 Å². The summed E-state index contributed by atoms with van der Waals surface area (Å²) in [5.74, 6) is -0.143. The van der Waals surface area contributed by atoms with E-state index in [2.05, 4.69) is 10.6 Å². The molecule has 2 aromatic carbocycles. The van der Waals surface area contributed by atoms with Crippen molar-refractivity contribution in [3.05, 3.63) is 57.8 Å². The van der Waals surface area contributed by atoms with Crippen molar-refractivity contribution in [3.8, 4) is 5.75 Å². The van der Waals surface area contributed by atoms with Crippen LogP contribution in [0.3, 0.4) is 0 Å². The van der Waals surface area contributed by atoms with E-state index in [-0.39, 0.29) is 21.2 Å². The number of hydrogen-bond acceptors (Lipinski definition) is 9. The van der Waals surface area contributed by atoms with Gasteiger partial charge >= 0.3 is 0 Å². The minimum absolute atomic E-state index is 0.0715. The molecule has 0 amide bonds. The van der Waals surface area contributed by atoms with Crippen molar-refractivity contribution in [2.75, 3.05) is 18.4 Å². The molecule has 1 aliphatic carbocycles. The molecular formula is C23H24N4O5S2. The molecule has 3 N–H and O–H groups in total. The number of phenols is 1. The van der Waals surface area contributed by atoms with Crippen LogP contribution in [0.2, 0.25) is 0 Å². The molecule has 178 valence electrons. The second-order valence-corrected chi connectivity index (χ2v) is 12.4. The number of nitro groups is 1. The van der Waals surface area contributed by atoms with Gasteiger partial charge in [0.25, 0.3) is 5.69 Å². The maximum atomic E-state index is 12.9. The predicted octanol–water partition coefficient (Wildman–Crippen LogP) is 3.98. The van der Waals surface area contributed by atoms with Crippen molar-refractivity contribution >= 4 is 41.9 Å². The van der Waals surface area contributed by atoms with E-state index in [9.17, 15) is 23.6 Å². The highest BCUT2D eigenvalue weighted by Crippen LogP contribution is 2.42. The molecule has 0 atom stereocenters. The van der Waals surface area contributed by atoms with Crippen molar-refractivity contribution in [1.82, 2.24) is 10.3 Å². The Labute approximate surface area is 200 Å². The lowest BCUT2D eigenvalue weighted by Crippen LogP contribution is -2.35. The summed E-state index contributed by atoms with van der Waals surface area (Å²) in [5.41, 5.74) is 3.64. The topological polar surface area (TPSA) is 134 Å². The molecule has 1 aromatic heterocycles. The lowest BCUT2D eigenvalue weighted by molar-refractivity contribution is -0.384. The third-order valence-corrected chi connectivity index (χ3v) is 9.67. The van der Waals surface area contributed by atoms with Crippen molar-refractivity contribution in [3.63, 3.8) is 0 Å². The minimum Gasteiger partial charge on any atom is -0.507 e. The number of aromatic hydroxyl groups is 1. The smallest absolute Gasteiger partial charge is 0.269 e. The second-order valence-electron chi connectivity index (χ2n) is 8.56. The molecule has 1 aliphatic heterocycles. The van der Waals surface area contributed by atoms with Crippen LogP contribution in [0.4, 0.5) is 11.4 Å². The van der Waals surface area contributed by atoms with Gasteiger partial charge in [-0.1, -0.05) is 0 Å². The molecule has 9 nitrogen and oxygen atoms in total. The van der Waals surface area contributed by atoms with Gasteiger partial charge in [0.05, 0.1) is 20.2 Å². The molecule has 2 heterocycles. The number of anilines is 1. The van der Waals surface area contributed by atoms with Gasteiger partial charge in [-0.05, 0) is 75.0 Å². The third kappa shape index (κ3) is 4.42. The summed E-state index contributed by atoms with van der Waals surface area (Å²) in [6.45, 7) is 1.91. The van der Waals surface area contributed by atoms with Crippen LogP contribution in [0.15, 0.2) is 46.2 Å². The third-order valence-electron chi connectivity index (χ3n) is 6.32. The number of hydrogen-bond donors (Lipinski definition) is 3. The zero-order chi connectivity index (χ0) is 23.9. The second kappa shape index (κ2) is 9.05. The Balaban J connectivity index is 1.51. The summed E-state index contributed by atoms with van der Waals surface area (Å²) in [6.07, 6.45) is 4.83. The van der Waals surface area contributed by atoms with E-state index in [1.165, 1.54) is 17.7 Å². The minimum atomic E-state index is -3.91. The number of non-ortho nitro benzene ring substituents is 1. The Hall–Kier alpha value is -2.89. The monoisotopic (exact) mass is 500 g/mol. The molecule has 1 saturated heterocycles. The van der Waals surface area contributed by atoms with Crippen LogP contribution < -0.4 is 10.6 Å². The number of piperidine rings is 1. The molecule has 1 fully saturated rings. The number of aromatic nitrogens is 1. The molecule has 3 aromatic rings. The number of nitro benzene ring substituents is 1. The molecule has 11 heteroatoms. The number of nitrogens with zero attached hydrogens (tertiary/aromatic N) is 2. The van der Waals surface area contributed by atoms with Crippen LogP contribution in [0.5, 0.6) is 5.75 Å². The lowest BCUT2D eigenvalue weighted by atomic mass is 10.0. The normalized spacial score (nSPS) is 16.5. The van der Waals surface area contributed by atoms with Crippen molar-refractivity contribution < 1.29 is 18.4 Å². The van der Waals surface area contributed by atoms with Crippen LogP contribution in [0.25, 0.3) is 10.9 Å². The summed E-state index contributed by atoms with van der Waals surface area (Å²) in [4.78, 5) is 15.2. The van der Waals surface area contributed by atoms with Gasteiger partial charge in [0, 0.05) is 45.7 Å². The van der Waals surface area contributed by atoms with Gasteiger partial charge in [0.1, 0.15) is 5.75 Å². The Kier molecular flexibility index (Phi) is 6.09. The van der Waals surface area contributed by atoms with E-state index in [0.717, 1.165) is 74.1 Å². The van der Waals surface area contributed by atoms with Crippen LogP contribution in [-0.2, 0) is 21.7 Å². The van der Waals surface area contributed by atoms with Gasteiger partial charge in [-0.25, -0.2) is 8.42 Å². The fourth-order valence-electron chi connectivity index (χ4n) is 4.58. The maximum Gasteiger partial charge on any atom is 0.269 e. The Bertz CT molecular complexity index is 1370. The Morgan fingerprint density at radius 1 is 1.15 bits per heavy atom. The fourth-order valence-corrected chi connectivity index (χ4v) is 7.42. The summed E-state index contributed by atoms with van der Waals surface area (Å²) in [7, 11) is -3.39. The zero-order valence-electron chi connectivity index (χ0n) is 18.3. The number of fused-ring (bicyclic) bond motifs is 2. The van der Waals surface area contributed by atoms with E-state index >= 15 is 0 Å². The first-order valence-corrected chi connectivity index (χ1v) is 14.0. The first-order valence-electron chi connectivity index (χ1n) is 11.2. The quantitative estimate of drug-likeness (QED) is 0.261. The molecule has 0 radical (unpaired) electrons. The first-order chi connectivity index (χ1) is 16.3. The van der Waals surface area contributed by atoms with E-state index in [1.54, 1.807) is 12.1 Å². The van der Waals surface area contributed by atoms with Gasteiger partial charge in [0.2, 0.25) is 8.87 Å². The maximum absolute atomic E-state index is 12.9. The molecule has 2 aliphatic rings. The molecule has 34 heavy (non-hydrogen) atoms. The summed E-state index contributed by atoms with van der Waals surface area (Å²) in [5, 5.41) is 29.5. The molecule has 5 rings (SSSR count). The Morgan fingerprint density at radius 2 is 1.88 bits per heavy atom. The first kappa shape index (κ1) is 22.9. The van der Waals surface area contributed by atoms with Gasteiger partial charge < -0.3 is 15.7 Å². The van der Waals surface area contributed by atoms with Crippen molar-refractivity contribution in [1.29, 1.82) is 0 Å². The number of phenolic OH excluding ortho intramolecular Hbond substituents is 1. The van der Waals surface area contributed by atoms with E-state index < -0.39 is 13.8 Å². The standard InChI is InChI=1S/C23H24N4O5S2/c28-21-12-18-20(13-22(21)33-34(31,32)16-6-4-15(5-7-16)27(29)30)26-19-3-1-2-17(19)23(18)25-14-8-10-24-11-9-14/h4-7,12-14,24,28H,1-3,8-11H2,(H,25,26). The zero-order valence-corrected chi connectivity index (χ0v) is 19.9. The van der Waals surface area contributed by atoms with Gasteiger partial charge in [-0.15, -0.1) is 0 Å². The molecular weight excluding hydrogens is 476 g/mol. The van der Waals surface area contributed by atoms with E-state index in [1.807, 2.05) is 0 Å². The highest BCUT2D eigenvalue weighted by Gasteiger charge is 2.25. The van der Waals surface area contributed by atoms with Crippen LogP contribution in [-0.4, -0.2) is 42.6 Å². The summed E-state index contributed by atoms with van der Waals surface area (Å²) < 4.78 is 25.9. The lowest BCUT2D eigenvalue weighted by Gasteiger charge is -2.27. The summed E-state index contributed by atoms with van der Waals surface area (Å²) in [6, 6.07) is 8.24. The highest BCUT2D eigenvalue weighted by atomic mass is 33.1. The van der Waals surface area contributed by atoms with Crippen LogP contribution >= 0.6 is 10.8 Å². The number of benzene rings is 2. The number of pyridine rings is 1. The fraction of sp³-hybridized carbons (Fsp3) is 0.348. The predicted molar refractivity (Wildman–Crippen MR) is 131 cm³/mol. The van der Waals surface area contributed by atoms with E-state index in [0.29, 0.717) is 22.4 Å². The average molecular weight is 501 g/mol. The number of aryl methyl sites for hydroxylation is 1. The molecule has 0 saturated carbocycles. The molecule has 0 unspecified atom stereocenters. The SMILES string of the molecule is O=[N+]([O-])c1ccc(S(=O)(=O)Sc2cc3nc4c(c(NC5CCNCC5)c3cc2O)CCC4)cc1. The Morgan fingerprint density at radius 3 is 2.59 bits per heavy atom. The van der Waals surface area contributed by atoms with Gasteiger partial charge in [-0.3, -0.25) is 15.1 Å². The largest absolute Gasteiger partial charge is 0.507 e.